The number of nitrogens with one attached hydrogen (secondary N) is 1. The van der Waals surface area contributed by atoms with Gasteiger partial charge in [-0.2, -0.15) is 13.2 Å². The molecule has 0 bridgehead atoms. The van der Waals surface area contributed by atoms with Crippen LogP contribution in [0.5, 0.6) is 0 Å². The average Bonchev–Trinajstić information content (AvgIpc) is 2.61. The number of alkyl halides is 3. The van der Waals surface area contributed by atoms with Crippen molar-refractivity contribution in [3.05, 3.63) is 71.3 Å². The summed E-state index contributed by atoms with van der Waals surface area (Å²) >= 11 is 0. The lowest BCUT2D eigenvalue weighted by Crippen LogP contribution is -2.40. The van der Waals surface area contributed by atoms with Crippen LogP contribution in [-0.2, 0) is 22.2 Å². The third-order valence-electron chi connectivity index (χ3n) is 4.22. The van der Waals surface area contributed by atoms with E-state index in [1.54, 1.807) is 31.2 Å². The molecular formula is C20H20F3NO3. The fourth-order valence-corrected chi connectivity index (χ4v) is 2.72. The van der Waals surface area contributed by atoms with Crippen LogP contribution in [0.15, 0.2) is 54.6 Å². The first kappa shape index (κ1) is 20.5. The SMILES string of the molecule is CC(C(=O)N[C@H](CC(=O)O)Cc1ccc(C(F)(F)F)cc1)c1ccccc1. The topological polar surface area (TPSA) is 66.4 Å². The zero-order chi connectivity index (χ0) is 20.0. The Bertz CT molecular complexity index is 773. The van der Waals surface area contributed by atoms with Gasteiger partial charge in [-0.05, 0) is 36.6 Å². The molecule has 2 aromatic rings. The van der Waals surface area contributed by atoms with Gasteiger partial charge in [0.15, 0.2) is 0 Å². The molecule has 144 valence electrons. The number of hydrogen-bond donors (Lipinski definition) is 2. The van der Waals surface area contributed by atoms with Crippen LogP contribution in [0, 0.1) is 0 Å². The highest BCUT2D eigenvalue weighted by molar-refractivity contribution is 5.84. The standard InChI is InChI=1S/C20H20F3NO3/c1-13(15-5-3-2-4-6-15)19(27)24-17(12-18(25)26)11-14-7-9-16(10-8-14)20(21,22)23/h2-10,13,17H,11-12H2,1H3,(H,24,27)(H,25,26)/t13?,17-/m0/s1. The predicted octanol–water partition coefficient (Wildman–Crippen LogP) is 4.01. The molecule has 0 spiro atoms. The number of benzene rings is 2. The highest BCUT2D eigenvalue weighted by atomic mass is 19.4. The van der Waals surface area contributed by atoms with Crippen molar-refractivity contribution < 1.29 is 27.9 Å². The molecular weight excluding hydrogens is 359 g/mol. The van der Waals surface area contributed by atoms with Gasteiger partial charge in [0.05, 0.1) is 17.9 Å². The van der Waals surface area contributed by atoms with Gasteiger partial charge in [-0.25, -0.2) is 0 Å². The molecule has 2 aromatic carbocycles. The van der Waals surface area contributed by atoms with E-state index in [0.717, 1.165) is 17.7 Å². The van der Waals surface area contributed by atoms with Crippen molar-refractivity contribution in [1.82, 2.24) is 5.32 Å². The minimum atomic E-state index is -4.43. The highest BCUT2D eigenvalue weighted by Gasteiger charge is 2.30. The number of carbonyl (C=O) groups excluding carboxylic acids is 1. The number of amides is 1. The van der Waals surface area contributed by atoms with Crippen LogP contribution < -0.4 is 5.32 Å². The van der Waals surface area contributed by atoms with Crippen molar-refractivity contribution in [1.29, 1.82) is 0 Å². The molecule has 1 unspecified atom stereocenters. The van der Waals surface area contributed by atoms with E-state index in [2.05, 4.69) is 5.32 Å². The van der Waals surface area contributed by atoms with Crippen molar-refractivity contribution >= 4 is 11.9 Å². The maximum Gasteiger partial charge on any atom is 0.416 e. The molecule has 2 N–H and O–H groups in total. The fraction of sp³-hybridized carbons (Fsp3) is 0.300. The first-order valence-corrected chi connectivity index (χ1v) is 8.40. The number of carbonyl (C=O) groups is 2. The maximum atomic E-state index is 12.6. The van der Waals surface area contributed by atoms with E-state index in [-0.39, 0.29) is 18.7 Å². The molecule has 0 fully saturated rings. The van der Waals surface area contributed by atoms with Gasteiger partial charge in [0.1, 0.15) is 0 Å². The summed E-state index contributed by atoms with van der Waals surface area (Å²) in [5.41, 5.74) is 0.531. The summed E-state index contributed by atoms with van der Waals surface area (Å²) in [6, 6.07) is 12.8. The number of rotatable bonds is 7. The fourth-order valence-electron chi connectivity index (χ4n) is 2.72. The summed E-state index contributed by atoms with van der Waals surface area (Å²) in [5, 5.41) is 11.8. The molecule has 0 radical (unpaired) electrons. The first-order valence-electron chi connectivity index (χ1n) is 8.40. The van der Waals surface area contributed by atoms with Crippen molar-refractivity contribution in [3.63, 3.8) is 0 Å². The maximum absolute atomic E-state index is 12.6. The van der Waals surface area contributed by atoms with Crippen molar-refractivity contribution in [2.75, 3.05) is 0 Å². The van der Waals surface area contributed by atoms with Gasteiger partial charge < -0.3 is 10.4 Å². The van der Waals surface area contributed by atoms with Crippen LogP contribution in [0.4, 0.5) is 13.2 Å². The van der Waals surface area contributed by atoms with Gasteiger partial charge in [0.2, 0.25) is 5.91 Å². The summed E-state index contributed by atoms with van der Waals surface area (Å²) in [7, 11) is 0. The number of carboxylic acids is 1. The molecule has 2 rings (SSSR count). The molecule has 4 nitrogen and oxygen atoms in total. The molecule has 27 heavy (non-hydrogen) atoms. The van der Waals surface area contributed by atoms with Gasteiger partial charge in [0.25, 0.3) is 0 Å². The largest absolute Gasteiger partial charge is 0.481 e. The van der Waals surface area contributed by atoms with Crippen molar-refractivity contribution in [2.24, 2.45) is 0 Å². The summed E-state index contributed by atoms with van der Waals surface area (Å²) in [6.45, 7) is 1.71. The van der Waals surface area contributed by atoms with Crippen LogP contribution >= 0.6 is 0 Å². The van der Waals surface area contributed by atoms with E-state index >= 15 is 0 Å². The molecule has 2 atom stereocenters. The van der Waals surface area contributed by atoms with Crippen LogP contribution in [0.1, 0.15) is 36.0 Å². The molecule has 1 amide bonds. The smallest absolute Gasteiger partial charge is 0.416 e. The van der Waals surface area contributed by atoms with Gasteiger partial charge in [-0.15, -0.1) is 0 Å². The zero-order valence-corrected chi connectivity index (χ0v) is 14.7. The summed E-state index contributed by atoms with van der Waals surface area (Å²) in [5.74, 6) is -1.91. The second kappa shape index (κ2) is 8.70. The Hall–Kier alpha value is -2.83. The lowest BCUT2D eigenvalue weighted by molar-refractivity contribution is -0.138. The quantitative estimate of drug-likeness (QED) is 0.764. The van der Waals surface area contributed by atoms with E-state index in [1.165, 1.54) is 12.1 Å². The van der Waals surface area contributed by atoms with E-state index in [0.29, 0.717) is 5.56 Å². The monoisotopic (exact) mass is 379 g/mol. The van der Waals surface area contributed by atoms with E-state index < -0.39 is 29.7 Å². The Balaban J connectivity index is 2.08. The molecule has 0 aliphatic carbocycles. The van der Waals surface area contributed by atoms with Crippen LogP contribution in [-0.4, -0.2) is 23.0 Å². The van der Waals surface area contributed by atoms with Crippen LogP contribution in [0.2, 0.25) is 0 Å². The Labute approximate surface area is 155 Å². The second-order valence-electron chi connectivity index (χ2n) is 6.33. The molecule has 7 heteroatoms. The summed E-state index contributed by atoms with van der Waals surface area (Å²) in [4.78, 5) is 23.6. The molecule has 0 aliphatic heterocycles. The third-order valence-corrected chi connectivity index (χ3v) is 4.22. The second-order valence-corrected chi connectivity index (χ2v) is 6.33. The first-order chi connectivity index (χ1) is 12.7. The summed E-state index contributed by atoms with van der Waals surface area (Å²) in [6.07, 6.45) is -4.63. The van der Waals surface area contributed by atoms with Crippen LogP contribution in [0.25, 0.3) is 0 Å². The Kier molecular flexibility index (Phi) is 6.60. The average molecular weight is 379 g/mol. The van der Waals surface area contributed by atoms with Gasteiger partial charge in [-0.1, -0.05) is 42.5 Å². The molecule has 0 saturated heterocycles. The number of carboxylic acid groups (broad SMARTS) is 1. The number of hydrogen-bond acceptors (Lipinski definition) is 2. The van der Waals surface area contributed by atoms with Crippen LogP contribution in [0.3, 0.4) is 0 Å². The Morgan fingerprint density at radius 2 is 1.63 bits per heavy atom. The van der Waals surface area contributed by atoms with Gasteiger partial charge >= 0.3 is 12.1 Å². The zero-order valence-electron chi connectivity index (χ0n) is 14.7. The highest BCUT2D eigenvalue weighted by Crippen LogP contribution is 2.29. The number of halogens is 3. The lowest BCUT2D eigenvalue weighted by Gasteiger charge is -2.20. The van der Waals surface area contributed by atoms with Gasteiger partial charge in [-0.3, -0.25) is 9.59 Å². The molecule has 0 aliphatic rings. The van der Waals surface area contributed by atoms with Gasteiger partial charge in [0, 0.05) is 6.04 Å². The minimum Gasteiger partial charge on any atom is -0.481 e. The molecule has 0 aromatic heterocycles. The molecule has 0 saturated carbocycles. The van der Waals surface area contributed by atoms with E-state index in [1.807, 2.05) is 6.07 Å². The molecule has 0 heterocycles. The lowest BCUT2D eigenvalue weighted by atomic mass is 9.98. The van der Waals surface area contributed by atoms with E-state index in [9.17, 15) is 22.8 Å². The summed E-state index contributed by atoms with van der Waals surface area (Å²) < 4.78 is 37.9. The minimum absolute atomic E-state index is 0.123. The van der Waals surface area contributed by atoms with Crippen molar-refractivity contribution in [3.8, 4) is 0 Å². The third kappa shape index (κ3) is 6.13. The Morgan fingerprint density at radius 3 is 2.15 bits per heavy atom. The van der Waals surface area contributed by atoms with E-state index in [4.69, 9.17) is 5.11 Å². The predicted molar refractivity (Wildman–Crippen MR) is 94.2 cm³/mol. The normalized spacial score (nSPS) is 13.6. The van der Waals surface area contributed by atoms with Crippen molar-refractivity contribution in [2.45, 2.75) is 37.9 Å². The number of aliphatic carboxylic acids is 1. The Morgan fingerprint density at radius 1 is 1.04 bits per heavy atom.